The van der Waals surface area contributed by atoms with Crippen molar-refractivity contribution in [2.45, 2.75) is 12.5 Å². The van der Waals surface area contributed by atoms with E-state index in [0.29, 0.717) is 6.07 Å². The Balaban J connectivity index is 1.65. The number of carbonyl (C=O) groups excluding carboxylic acids is 2. The summed E-state index contributed by atoms with van der Waals surface area (Å²) in [6.07, 6.45) is -0.100. The number of benzene rings is 2. The average molecular weight is 367 g/mol. The van der Waals surface area contributed by atoms with Crippen molar-refractivity contribution >= 4 is 23.3 Å². The van der Waals surface area contributed by atoms with Crippen LogP contribution in [0.5, 0.6) is 0 Å². The van der Waals surface area contributed by atoms with E-state index in [-0.39, 0.29) is 24.3 Å². The van der Waals surface area contributed by atoms with Crippen LogP contribution in [0, 0.1) is 23.3 Å². The van der Waals surface area contributed by atoms with Crippen LogP contribution < -0.4 is 15.5 Å². The lowest BCUT2D eigenvalue weighted by molar-refractivity contribution is -0.117. The molecular formula is C17H13F4N3O2. The summed E-state index contributed by atoms with van der Waals surface area (Å²) in [5, 5.41) is 4.59. The molecule has 136 valence electrons. The first-order valence-corrected chi connectivity index (χ1v) is 7.61. The summed E-state index contributed by atoms with van der Waals surface area (Å²) >= 11 is 0. The van der Waals surface area contributed by atoms with Crippen molar-refractivity contribution in [1.29, 1.82) is 0 Å². The van der Waals surface area contributed by atoms with Gasteiger partial charge >= 0.3 is 6.03 Å². The number of urea groups is 1. The van der Waals surface area contributed by atoms with E-state index in [0.717, 1.165) is 35.2 Å². The highest BCUT2D eigenvalue weighted by Gasteiger charge is 2.32. The molecule has 2 aromatic carbocycles. The quantitative estimate of drug-likeness (QED) is 0.819. The topological polar surface area (TPSA) is 61.4 Å². The fourth-order valence-corrected chi connectivity index (χ4v) is 2.69. The van der Waals surface area contributed by atoms with Gasteiger partial charge in [-0.05, 0) is 24.3 Å². The lowest BCUT2D eigenvalue weighted by atomic mass is 10.2. The zero-order valence-corrected chi connectivity index (χ0v) is 13.2. The highest BCUT2D eigenvalue weighted by molar-refractivity contribution is 5.97. The molecule has 1 aliphatic heterocycles. The maximum absolute atomic E-state index is 13.5. The van der Waals surface area contributed by atoms with Crippen molar-refractivity contribution in [3.8, 4) is 0 Å². The number of anilines is 2. The molecule has 0 bridgehead atoms. The molecule has 0 saturated carbocycles. The standard InChI is InChI=1S/C17H13F4N3O2/c18-9-1-2-14(21)15(6-9)23-17(26)22-12-7-16(25)24(8-12)13-4-10(19)3-11(20)5-13/h1-6,12H,7-8H2,(H2,22,23,26). The molecule has 3 rings (SSSR count). The van der Waals surface area contributed by atoms with E-state index in [4.69, 9.17) is 0 Å². The Labute approximate surface area is 145 Å². The smallest absolute Gasteiger partial charge is 0.319 e. The molecular weight excluding hydrogens is 354 g/mol. The van der Waals surface area contributed by atoms with Crippen molar-refractivity contribution in [3.05, 3.63) is 59.7 Å². The second-order valence-electron chi connectivity index (χ2n) is 5.76. The Morgan fingerprint density at radius 1 is 1.00 bits per heavy atom. The second kappa shape index (κ2) is 7.03. The number of amides is 3. The molecule has 9 heteroatoms. The van der Waals surface area contributed by atoms with E-state index in [1.807, 2.05) is 0 Å². The summed E-state index contributed by atoms with van der Waals surface area (Å²) in [5.74, 6) is -3.64. The normalized spacial score (nSPS) is 16.7. The summed E-state index contributed by atoms with van der Waals surface area (Å²) in [4.78, 5) is 25.1. The van der Waals surface area contributed by atoms with Crippen LogP contribution in [0.4, 0.5) is 33.7 Å². The molecule has 2 N–H and O–H groups in total. The molecule has 3 amide bonds. The third-order valence-electron chi connectivity index (χ3n) is 3.80. The third kappa shape index (κ3) is 3.93. The summed E-state index contributed by atoms with van der Waals surface area (Å²) in [7, 11) is 0. The van der Waals surface area contributed by atoms with Crippen LogP contribution in [0.1, 0.15) is 6.42 Å². The maximum Gasteiger partial charge on any atom is 0.319 e. The third-order valence-corrected chi connectivity index (χ3v) is 3.80. The Morgan fingerprint density at radius 2 is 1.69 bits per heavy atom. The fourth-order valence-electron chi connectivity index (χ4n) is 2.69. The Bertz CT molecular complexity index is 855. The molecule has 1 atom stereocenters. The van der Waals surface area contributed by atoms with Crippen LogP contribution in [-0.2, 0) is 4.79 Å². The van der Waals surface area contributed by atoms with Crippen molar-refractivity contribution in [1.82, 2.24) is 5.32 Å². The lowest BCUT2D eigenvalue weighted by Gasteiger charge is -2.17. The molecule has 2 aromatic rings. The van der Waals surface area contributed by atoms with Crippen molar-refractivity contribution < 1.29 is 27.2 Å². The minimum absolute atomic E-state index is 0.0131. The van der Waals surface area contributed by atoms with Gasteiger partial charge in [0.05, 0.1) is 11.7 Å². The van der Waals surface area contributed by atoms with E-state index in [9.17, 15) is 27.2 Å². The lowest BCUT2D eigenvalue weighted by Crippen LogP contribution is -2.40. The molecule has 0 aliphatic carbocycles. The van der Waals surface area contributed by atoms with E-state index < -0.39 is 41.2 Å². The summed E-state index contributed by atoms with van der Waals surface area (Å²) in [5.41, 5.74) is -0.315. The molecule has 1 aliphatic rings. The summed E-state index contributed by atoms with van der Waals surface area (Å²) < 4.78 is 53.2. The zero-order valence-electron chi connectivity index (χ0n) is 13.2. The molecule has 1 heterocycles. The van der Waals surface area contributed by atoms with Gasteiger partial charge in [-0.25, -0.2) is 22.4 Å². The molecule has 1 fully saturated rings. The Morgan fingerprint density at radius 3 is 2.38 bits per heavy atom. The molecule has 1 unspecified atom stereocenters. The van der Waals surface area contributed by atoms with E-state index in [1.165, 1.54) is 0 Å². The SMILES string of the molecule is O=C(Nc1cc(F)ccc1F)NC1CC(=O)N(c2cc(F)cc(F)c2)C1. The molecule has 0 spiro atoms. The first-order chi connectivity index (χ1) is 12.3. The molecule has 0 radical (unpaired) electrons. The van der Waals surface area contributed by atoms with Gasteiger partial charge in [-0.2, -0.15) is 0 Å². The number of hydrogen-bond acceptors (Lipinski definition) is 2. The number of nitrogens with one attached hydrogen (secondary N) is 2. The van der Waals surface area contributed by atoms with Crippen LogP contribution in [0.15, 0.2) is 36.4 Å². The van der Waals surface area contributed by atoms with Gasteiger partial charge in [-0.1, -0.05) is 0 Å². The minimum Gasteiger partial charge on any atom is -0.333 e. The van der Waals surface area contributed by atoms with Gasteiger partial charge in [-0.15, -0.1) is 0 Å². The first-order valence-electron chi connectivity index (χ1n) is 7.61. The van der Waals surface area contributed by atoms with Crippen LogP contribution in [-0.4, -0.2) is 24.5 Å². The van der Waals surface area contributed by atoms with Crippen molar-refractivity contribution in [2.24, 2.45) is 0 Å². The van der Waals surface area contributed by atoms with Gasteiger partial charge in [0.25, 0.3) is 0 Å². The Hall–Kier alpha value is -3.10. The fraction of sp³-hybridized carbons (Fsp3) is 0.176. The minimum atomic E-state index is -0.834. The van der Waals surface area contributed by atoms with Gasteiger partial charge in [0.15, 0.2) is 0 Å². The van der Waals surface area contributed by atoms with Crippen LogP contribution in [0.25, 0.3) is 0 Å². The number of rotatable bonds is 3. The molecule has 26 heavy (non-hydrogen) atoms. The molecule has 5 nitrogen and oxygen atoms in total. The van der Waals surface area contributed by atoms with Gasteiger partial charge in [0.2, 0.25) is 5.91 Å². The number of halogens is 4. The Kier molecular flexibility index (Phi) is 4.79. The summed E-state index contributed by atoms with van der Waals surface area (Å²) in [6.45, 7) is -0.0131. The van der Waals surface area contributed by atoms with Crippen molar-refractivity contribution in [2.75, 3.05) is 16.8 Å². The monoisotopic (exact) mass is 367 g/mol. The highest BCUT2D eigenvalue weighted by Crippen LogP contribution is 2.24. The molecule has 0 aromatic heterocycles. The highest BCUT2D eigenvalue weighted by atomic mass is 19.1. The van der Waals surface area contributed by atoms with Gasteiger partial charge in [0, 0.05) is 30.8 Å². The number of hydrogen-bond donors (Lipinski definition) is 2. The van der Waals surface area contributed by atoms with E-state index >= 15 is 0 Å². The first kappa shape index (κ1) is 17.7. The predicted octanol–water partition coefficient (Wildman–Crippen LogP) is 3.17. The number of nitrogens with zero attached hydrogens (tertiary/aromatic N) is 1. The number of carbonyl (C=O) groups is 2. The zero-order chi connectivity index (χ0) is 18.8. The van der Waals surface area contributed by atoms with Gasteiger partial charge in [-0.3, -0.25) is 4.79 Å². The second-order valence-corrected chi connectivity index (χ2v) is 5.76. The van der Waals surface area contributed by atoms with E-state index in [1.54, 1.807) is 0 Å². The van der Waals surface area contributed by atoms with Crippen LogP contribution >= 0.6 is 0 Å². The molecule has 1 saturated heterocycles. The van der Waals surface area contributed by atoms with Gasteiger partial charge < -0.3 is 15.5 Å². The maximum atomic E-state index is 13.5. The van der Waals surface area contributed by atoms with Crippen molar-refractivity contribution in [3.63, 3.8) is 0 Å². The van der Waals surface area contributed by atoms with E-state index in [2.05, 4.69) is 10.6 Å². The summed E-state index contributed by atoms with van der Waals surface area (Å²) in [6, 6.07) is 3.79. The van der Waals surface area contributed by atoms with Crippen LogP contribution in [0.3, 0.4) is 0 Å². The largest absolute Gasteiger partial charge is 0.333 e. The predicted molar refractivity (Wildman–Crippen MR) is 85.6 cm³/mol. The van der Waals surface area contributed by atoms with Gasteiger partial charge in [0.1, 0.15) is 23.3 Å². The van der Waals surface area contributed by atoms with Crippen LogP contribution in [0.2, 0.25) is 0 Å². The average Bonchev–Trinajstić information content (AvgIpc) is 2.90.